The molecule has 1 aromatic rings. The van der Waals surface area contributed by atoms with Crippen LogP contribution in [0.15, 0.2) is 29.4 Å². The number of rotatable bonds is 2. The molecule has 20 heavy (non-hydrogen) atoms. The normalized spacial score (nSPS) is 21.0. The third-order valence-electron chi connectivity index (χ3n) is 3.45. The molecule has 6 heteroatoms. The number of hydrogen-bond acceptors (Lipinski definition) is 3. The lowest BCUT2D eigenvalue weighted by Crippen LogP contribution is -2.33. The van der Waals surface area contributed by atoms with Crippen molar-refractivity contribution in [3.8, 4) is 6.07 Å². The molecule has 1 aliphatic heterocycles. The van der Waals surface area contributed by atoms with Crippen LogP contribution in [0.4, 0.5) is 13.2 Å². The highest BCUT2D eigenvalue weighted by Gasteiger charge is 2.42. The second-order valence-electron chi connectivity index (χ2n) is 5.19. The van der Waals surface area contributed by atoms with Crippen LogP contribution in [0.1, 0.15) is 31.4 Å². The van der Waals surface area contributed by atoms with Gasteiger partial charge in [0.05, 0.1) is 29.2 Å². The Morgan fingerprint density at radius 3 is 2.40 bits per heavy atom. The van der Waals surface area contributed by atoms with E-state index in [4.69, 9.17) is 10.1 Å². The summed E-state index contributed by atoms with van der Waals surface area (Å²) in [6, 6.07) is 6.81. The first kappa shape index (κ1) is 14.4. The fourth-order valence-corrected chi connectivity index (χ4v) is 2.14. The molecule has 0 radical (unpaired) electrons. The molecule has 0 N–H and O–H groups in total. The maximum Gasteiger partial charge on any atom is 0.416 e. The Balaban J connectivity index is 2.28. The molecule has 1 atom stereocenters. The van der Waals surface area contributed by atoms with Gasteiger partial charge in [-0.1, -0.05) is 31.1 Å². The number of alkyl halides is 3. The highest BCUT2D eigenvalue weighted by atomic mass is 19.4. The van der Waals surface area contributed by atoms with E-state index in [0.29, 0.717) is 11.3 Å². The molecule has 1 heterocycles. The van der Waals surface area contributed by atoms with Crippen molar-refractivity contribution in [1.82, 2.24) is 0 Å². The third-order valence-corrected chi connectivity index (χ3v) is 3.45. The molecule has 1 aliphatic rings. The smallest absolute Gasteiger partial charge is 0.390 e. The van der Waals surface area contributed by atoms with E-state index < -0.39 is 17.2 Å². The molecule has 0 fully saturated rings. The summed E-state index contributed by atoms with van der Waals surface area (Å²) >= 11 is 0. The van der Waals surface area contributed by atoms with Gasteiger partial charge in [0.15, 0.2) is 6.10 Å². The molecule has 1 aromatic carbocycles. The largest absolute Gasteiger partial charge is 0.416 e. The van der Waals surface area contributed by atoms with Crippen LogP contribution in [0.25, 0.3) is 0 Å². The van der Waals surface area contributed by atoms with E-state index in [1.165, 1.54) is 12.1 Å². The highest BCUT2D eigenvalue weighted by molar-refractivity contribution is 6.05. The zero-order valence-corrected chi connectivity index (χ0v) is 11.0. The summed E-state index contributed by atoms with van der Waals surface area (Å²) in [5.74, 6) is 0. The van der Waals surface area contributed by atoms with Gasteiger partial charge < -0.3 is 4.84 Å². The van der Waals surface area contributed by atoms with Crippen LogP contribution >= 0.6 is 0 Å². The average molecular weight is 282 g/mol. The van der Waals surface area contributed by atoms with Gasteiger partial charge in [-0.15, -0.1) is 0 Å². The van der Waals surface area contributed by atoms with Crippen molar-refractivity contribution in [2.45, 2.75) is 32.5 Å². The second kappa shape index (κ2) is 4.82. The molecule has 0 saturated carbocycles. The molecule has 0 bridgehead atoms. The van der Waals surface area contributed by atoms with Crippen molar-refractivity contribution >= 4 is 5.71 Å². The summed E-state index contributed by atoms with van der Waals surface area (Å²) in [6.45, 7) is 3.72. The van der Waals surface area contributed by atoms with Gasteiger partial charge in [-0.05, 0) is 12.1 Å². The van der Waals surface area contributed by atoms with Crippen LogP contribution in [-0.2, 0) is 11.0 Å². The van der Waals surface area contributed by atoms with Gasteiger partial charge >= 0.3 is 6.18 Å². The SMILES string of the molecule is CC1(C)C(c2ccc(C(F)(F)F)cc2)=NOC1CC#N. The molecule has 0 aromatic heterocycles. The summed E-state index contributed by atoms with van der Waals surface area (Å²) in [7, 11) is 0. The Labute approximate surface area is 114 Å². The fourth-order valence-electron chi connectivity index (χ4n) is 2.14. The number of nitriles is 1. The Morgan fingerprint density at radius 2 is 1.90 bits per heavy atom. The predicted molar refractivity (Wildman–Crippen MR) is 66.9 cm³/mol. The van der Waals surface area contributed by atoms with E-state index in [2.05, 4.69) is 5.16 Å². The van der Waals surface area contributed by atoms with Gasteiger partial charge in [-0.2, -0.15) is 18.4 Å². The van der Waals surface area contributed by atoms with Crippen LogP contribution in [0.5, 0.6) is 0 Å². The first-order valence-electron chi connectivity index (χ1n) is 6.05. The molecule has 106 valence electrons. The van der Waals surface area contributed by atoms with E-state index in [9.17, 15) is 13.2 Å². The van der Waals surface area contributed by atoms with Crippen LogP contribution in [0.2, 0.25) is 0 Å². The van der Waals surface area contributed by atoms with Gasteiger partial charge in [0.1, 0.15) is 0 Å². The maximum atomic E-state index is 12.5. The van der Waals surface area contributed by atoms with Crippen LogP contribution in [0.3, 0.4) is 0 Å². The topological polar surface area (TPSA) is 45.4 Å². The van der Waals surface area contributed by atoms with E-state index in [-0.39, 0.29) is 12.5 Å². The maximum absolute atomic E-state index is 12.5. The van der Waals surface area contributed by atoms with Gasteiger partial charge in [-0.25, -0.2) is 0 Å². The average Bonchev–Trinajstić information content (AvgIpc) is 2.65. The molecule has 0 saturated heterocycles. The van der Waals surface area contributed by atoms with Crippen molar-refractivity contribution in [3.63, 3.8) is 0 Å². The van der Waals surface area contributed by atoms with Crippen LogP contribution in [-0.4, -0.2) is 11.8 Å². The number of hydrogen-bond donors (Lipinski definition) is 0. The van der Waals surface area contributed by atoms with E-state index in [0.717, 1.165) is 12.1 Å². The van der Waals surface area contributed by atoms with Crippen molar-refractivity contribution in [2.75, 3.05) is 0 Å². The summed E-state index contributed by atoms with van der Waals surface area (Å²) in [4.78, 5) is 5.22. The summed E-state index contributed by atoms with van der Waals surface area (Å²) in [5, 5.41) is 12.7. The van der Waals surface area contributed by atoms with Crippen LogP contribution in [0, 0.1) is 16.7 Å². The van der Waals surface area contributed by atoms with Gasteiger partial charge in [0.25, 0.3) is 0 Å². The van der Waals surface area contributed by atoms with Gasteiger partial charge in [0, 0.05) is 5.56 Å². The minimum absolute atomic E-state index is 0.181. The predicted octanol–water partition coefficient (Wildman–Crippen LogP) is 3.75. The van der Waals surface area contributed by atoms with E-state index >= 15 is 0 Å². The molecule has 0 aliphatic carbocycles. The van der Waals surface area contributed by atoms with E-state index in [1.807, 2.05) is 19.9 Å². The summed E-state index contributed by atoms with van der Waals surface area (Å²) < 4.78 is 37.6. The molecular formula is C14H13F3N2O. The van der Waals surface area contributed by atoms with E-state index in [1.54, 1.807) is 0 Å². The molecule has 3 nitrogen and oxygen atoms in total. The second-order valence-corrected chi connectivity index (χ2v) is 5.19. The monoisotopic (exact) mass is 282 g/mol. The zero-order valence-electron chi connectivity index (χ0n) is 11.0. The van der Waals surface area contributed by atoms with Crippen molar-refractivity contribution in [2.24, 2.45) is 10.6 Å². The standard InChI is InChI=1S/C14H13F3N2O/c1-13(2)11(7-8-18)20-19-12(13)9-3-5-10(6-4-9)14(15,16)17/h3-6,11H,7H2,1-2H3. The Hall–Kier alpha value is -2.03. The number of oxime groups is 1. The lowest BCUT2D eigenvalue weighted by atomic mass is 9.78. The lowest BCUT2D eigenvalue weighted by molar-refractivity contribution is -0.137. The van der Waals surface area contributed by atoms with Gasteiger partial charge in [0.2, 0.25) is 0 Å². The van der Waals surface area contributed by atoms with Crippen molar-refractivity contribution < 1.29 is 18.0 Å². The number of halogens is 3. The Kier molecular flexibility index (Phi) is 3.46. The first-order valence-corrected chi connectivity index (χ1v) is 6.05. The number of benzene rings is 1. The first-order chi connectivity index (χ1) is 9.26. The van der Waals surface area contributed by atoms with Crippen molar-refractivity contribution in [3.05, 3.63) is 35.4 Å². The molecule has 0 amide bonds. The quantitative estimate of drug-likeness (QED) is 0.829. The lowest BCUT2D eigenvalue weighted by Gasteiger charge is -2.24. The van der Waals surface area contributed by atoms with Crippen LogP contribution < -0.4 is 0 Å². The summed E-state index contributed by atoms with van der Waals surface area (Å²) in [6.07, 6.45) is -4.56. The molecule has 2 rings (SSSR count). The summed E-state index contributed by atoms with van der Waals surface area (Å²) in [5.41, 5.74) is -0.0859. The molecular weight excluding hydrogens is 269 g/mol. The highest BCUT2D eigenvalue weighted by Crippen LogP contribution is 2.37. The minimum atomic E-state index is -4.36. The fraction of sp³-hybridized carbons (Fsp3) is 0.429. The molecule has 1 unspecified atom stereocenters. The molecule has 0 spiro atoms. The Morgan fingerprint density at radius 1 is 1.30 bits per heavy atom. The van der Waals surface area contributed by atoms with Crippen molar-refractivity contribution in [1.29, 1.82) is 5.26 Å². The number of nitrogens with zero attached hydrogens (tertiary/aromatic N) is 2. The minimum Gasteiger partial charge on any atom is -0.390 e. The van der Waals surface area contributed by atoms with Gasteiger partial charge in [-0.3, -0.25) is 0 Å². The Bertz CT molecular complexity index is 568. The third kappa shape index (κ3) is 2.48. The zero-order chi connectivity index (χ0) is 15.0.